The van der Waals surface area contributed by atoms with Gasteiger partial charge < -0.3 is 4.98 Å². The molecular formula is C3H4FeN2+3. The van der Waals surface area contributed by atoms with Crippen molar-refractivity contribution in [2.24, 2.45) is 0 Å². The molecule has 0 aliphatic heterocycles. The maximum Gasteiger partial charge on any atom is 3.00 e. The van der Waals surface area contributed by atoms with Gasteiger partial charge >= 0.3 is 17.1 Å². The van der Waals surface area contributed by atoms with Crippen LogP contribution in [0.4, 0.5) is 0 Å². The van der Waals surface area contributed by atoms with Gasteiger partial charge in [0.15, 0.2) is 0 Å². The van der Waals surface area contributed by atoms with E-state index in [1.54, 1.807) is 18.7 Å². The Bertz CT molecular complexity index is 65.3. The SMILES string of the molecule is [Fe+3].c1c[nH]cn1. The van der Waals surface area contributed by atoms with Crippen LogP contribution >= 0.6 is 0 Å². The van der Waals surface area contributed by atoms with E-state index in [2.05, 4.69) is 9.97 Å². The average molecular weight is 124 g/mol. The molecule has 1 rings (SSSR count). The predicted molar refractivity (Wildman–Crippen MR) is 18.6 cm³/mol. The molecule has 0 fully saturated rings. The van der Waals surface area contributed by atoms with E-state index in [-0.39, 0.29) is 17.1 Å². The maximum atomic E-state index is 3.67. The monoisotopic (exact) mass is 124 g/mol. The second-order valence-corrected chi connectivity index (χ2v) is 0.761. The van der Waals surface area contributed by atoms with Crippen LogP contribution in [0.15, 0.2) is 18.7 Å². The van der Waals surface area contributed by atoms with Gasteiger partial charge in [-0.15, -0.1) is 0 Å². The first-order valence-corrected chi connectivity index (χ1v) is 1.43. The average Bonchev–Trinajstić information content (AvgIpc) is 1.76. The molecule has 0 atom stereocenters. The molecule has 3 heteroatoms. The first kappa shape index (κ1) is 5.73. The zero-order chi connectivity index (χ0) is 3.54. The summed E-state index contributed by atoms with van der Waals surface area (Å²) in [6.45, 7) is 0. The Labute approximate surface area is 46.5 Å². The molecule has 0 saturated heterocycles. The van der Waals surface area contributed by atoms with E-state index in [1.165, 1.54) is 0 Å². The fraction of sp³-hybridized carbons (Fsp3) is 0. The molecule has 1 aromatic heterocycles. The minimum absolute atomic E-state index is 0. The molecule has 0 amide bonds. The van der Waals surface area contributed by atoms with Crippen molar-refractivity contribution >= 4 is 0 Å². The molecule has 0 unspecified atom stereocenters. The molecule has 1 aromatic rings. The molecule has 0 aromatic carbocycles. The summed E-state index contributed by atoms with van der Waals surface area (Å²) in [6, 6.07) is 0. The Morgan fingerprint density at radius 1 is 1.50 bits per heavy atom. The van der Waals surface area contributed by atoms with Crippen LogP contribution in [0.3, 0.4) is 0 Å². The topological polar surface area (TPSA) is 28.7 Å². The van der Waals surface area contributed by atoms with E-state index < -0.39 is 0 Å². The van der Waals surface area contributed by atoms with Gasteiger partial charge in [-0.05, 0) is 0 Å². The summed E-state index contributed by atoms with van der Waals surface area (Å²) >= 11 is 0. The number of aromatic amines is 1. The fourth-order valence-corrected chi connectivity index (χ4v) is 0.215. The number of rotatable bonds is 0. The van der Waals surface area contributed by atoms with Crippen molar-refractivity contribution in [2.45, 2.75) is 0 Å². The number of hydrogen-bond acceptors (Lipinski definition) is 1. The van der Waals surface area contributed by atoms with Crippen molar-refractivity contribution in [3.8, 4) is 0 Å². The Balaban J connectivity index is 0.000000250. The summed E-state index contributed by atoms with van der Waals surface area (Å²) < 4.78 is 0. The predicted octanol–water partition coefficient (Wildman–Crippen LogP) is 0.407. The van der Waals surface area contributed by atoms with Crippen molar-refractivity contribution in [2.75, 3.05) is 0 Å². The third-order valence-corrected chi connectivity index (χ3v) is 0.406. The van der Waals surface area contributed by atoms with Crippen molar-refractivity contribution in [3.63, 3.8) is 0 Å². The van der Waals surface area contributed by atoms with Crippen LogP contribution < -0.4 is 0 Å². The largest absolute Gasteiger partial charge is 3.00 e. The molecule has 0 saturated carbocycles. The smallest absolute Gasteiger partial charge is 0.351 e. The van der Waals surface area contributed by atoms with E-state index >= 15 is 0 Å². The van der Waals surface area contributed by atoms with Crippen molar-refractivity contribution < 1.29 is 17.1 Å². The summed E-state index contributed by atoms with van der Waals surface area (Å²) in [5.41, 5.74) is 0. The Hall–Kier alpha value is -0.271. The van der Waals surface area contributed by atoms with E-state index in [1.807, 2.05) is 0 Å². The molecule has 0 aliphatic rings. The van der Waals surface area contributed by atoms with Crippen LogP contribution in [0.5, 0.6) is 0 Å². The zero-order valence-corrected chi connectivity index (χ0v) is 4.14. The van der Waals surface area contributed by atoms with Crippen molar-refractivity contribution in [1.82, 2.24) is 9.97 Å². The first-order valence-electron chi connectivity index (χ1n) is 1.43. The van der Waals surface area contributed by atoms with Crippen molar-refractivity contribution in [1.29, 1.82) is 0 Å². The second-order valence-electron chi connectivity index (χ2n) is 0.761. The van der Waals surface area contributed by atoms with Gasteiger partial charge in [0, 0.05) is 12.4 Å². The standard InChI is InChI=1S/C3H4N2.Fe/c1-2-5-3-4-1;/h1-3H,(H,4,5);/q;+3. The van der Waals surface area contributed by atoms with Gasteiger partial charge in [-0.1, -0.05) is 0 Å². The Kier molecular flexibility index (Phi) is 2.81. The number of nitrogens with zero attached hydrogens (tertiary/aromatic N) is 1. The normalized spacial score (nSPS) is 6.67. The number of nitrogens with one attached hydrogen (secondary N) is 1. The molecule has 0 aliphatic carbocycles. The van der Waals surface area contributed by atoms with Crippen LogP contribution in [0.1, 0.15) is 0 Å². The molecule has 1 heterocycles. The quantitative estimate of drug-likeness (QED) is 0.498. The molecule has 31 valence electrons. The van der Waals surface area contributed by atoms with Crippen LogP contribution in [0.25, 0.3) is 0 Å². The van der Waals surface area contributed by atoms with Gasteiger partial charge in [0.1, 0.15) is 0 Å². The Morgan fingerprint density at radius 3 is 2.50 bits per heavy atom. The third-order valence-electron chi connectivity index (χ3n) is 0.406. The molecule has 1 radical (unpaired) electrons. The van der Waals surface area contributed by atoms with Gasteiger partial charge in [0.05, 0.1) is 6.33 Å². The van der Waals surface area contributed by atoms with E-state index in [0.29, 0.717) is 0 Å². The third kappa shape index (κ3) is 1.24. The fourth-order valence-electron chi connectivity index (χ4n) is 0.215. The molecule has 0 spiro atoms. The molecular weight excluding hydrogens is 120 g/mol. The van der Waals surface area contributed by atoms with Crippen LogP contribution in [0, 0.1) is 0 Å². The second kappa shape index (κ2) is 2.94. The summed E-state index contributed by atoms with van der Waals surface area (Å²) in [6.07, 6.45) is 5.08. The Morgan fingerprint density at radius 2 is 2.33 bits per heavy atom. The summed E-state index contributed by atoms with van der Waals surface area (Å²) in [5, 5.41) is 0. The van der Waals surface area contributed by atoms with Gasteiger partial charge in [0.25, 0.3) is 0 Å². The zero-order valence-electron chi connectivity index (χ0n) is 3.03. The minimum atomic E-state index is 0. The number of aromatic nitrogens is 2. The van der Waals surface area contributed by atoms with Gasteiger partial charge in [-0.25, -0.2) is 4.98 Å². The van der Waals surface area contributed by atoms with Crippen LogP contribution in [0.2, 0.25) is 0 Å². The maximum absolute atomic E-state index is 3.67. The van der Waals surface area contributed by atoms with E-state index in [0.717, 1.165) is 0 Å². The summed E-state index contributed by atoms with van der Waals surface area (Å²) in [4.78, 5) is 6.42. The van der Waals surface area contributed by atoms with Crippen LogP contribution in [-0.2, 0) is 17.1 Å². The molecule has 1 N–H and O–H groups in total. The van der Waals surface area contributed by atoms with Gasteiger partial charge in [-0.2, -0.15) is 0 Å². The molecule has 6 heavy (non-hydrogen) atoms. The number of H-pyrrole nitrogens is 1. The summed E-state index contributed by atoms with van der Waals surface area (Å²) in [7, 11) is 0. The molecule has 2 nitrogen and oxygen atoms in total. The number of hydrogen-bond donors (Lipinski definition) is 1. The number of imidazole rings is 1. The van der Waals surface area contributed by atoms with Crippen molar-refractivity contribution in [3.05, 3.63) is 18.7 Å². The van der Waals surface area contributed by atoms with Crippen LogP contribution in [-0.4, -0.2) is 9.97 Å². The van der Waals surface area contributed by atoms with Gasteiger partial charge in [-0.3, -0.25) is 0 Å². The summed E-state index contributed by atoms with van der Waals surface area (Å²) in [5.74, 6) is 0. The first-order chi connectivity index (χ1) is 2.50. The van der Waals surface area contributed by atoms with E-state index in [9.17, 15) is 0 Å². The molecule has 0 bridgehead atoms. The minimum Gasteiger partial charge on any atom is -0.351 e. The van der Waals surface area contributed by atoms with Gasteiger partial charge in [0.2, 0.25) is 0 Å². The van der Waals surface area contributed by atoms with E-state index in [4.69, 9.17) is 0 Å².